The first kappa shape index (κ1) is 25.4. The summed E-state index contributed by atoms with van der Waals surface area (Å²) in [6.45, 7) is 10.9. The molecule has 0 saturated carbocycles. The summed E-state index contributed by atoms with van der Waals surface area (Å²) in [7, 11) is 1.85. The van der Waals surface area contributed by atoms with Crippen LogP contribution in [0.15, 0.2) is 4.99 Å². The lowest BCUT2D eigenvalue weighted by atomic mass is 10.0. The summed E-state index contributed by atoms with van der Waals surface area (Å²) in [6, 6.07) is 1.05. The first-order valence-corrected chi connectivity index (χ1v) is 10.9. The van der Waals surface area contributed by atoms with Gasteiger partial charge in [-0.05, 0) is 45.2 Å². The third-order valence-electron chi connectivity index (χ3n) is 5.75. The summed E-state index contributed by atoms with van der Waals surface area (Å²) in [5, 5.41) is 10.1. The molecule has 7 nitrogen and oxygen atoms in total. The average molecular weight is 508 g/mol. The number of hydrogen-bond donors (Lipinski definition) is 3. The number of carbonyl (C=O) groups excluding carboxylic acids is 1. The largest absolute Gasteiger partial charge is 0.355 e. The number of amides is 1. The Labute approximate surface area is 188 Å². The number of likely N-dealkylation sites (N-methyl/N-ethyl adjacent to an activating group) is 1. The molecule has 1 amide bonds. The quantitative estimate of drug-likeness (QED) is 0.264. The fraction of sp³-hybridized carbons (Fsp3) is 0.900. The van der Waals surface area contributed by atoms with Crippen LogP contribution >= 0.6 is 24.0 Å². The van der Waals surface area contributed by atoms with Gasteiger partial charge >= 0.3 is 0 Å². The van der Waals surface area contributed by atoms with Gasteiger partial charge in [0.2, 0.25) is 5.91 Å². The zero-order chi connectivity index (χ0) is 19.5. The van der Waals surface area contributed by atoms with Gasteiger partial charge in [0.15, 0.2) is 5.96 Å². The van der Waals surface area contributed by atoms with Crippen LogP contribution in [-0.4, -0.2) is 86.6 Å². The first-order chi connectivity index (χ1) is 13.2. The number of nitrogens with zero attached hydrogens (tertiary/aromatic N) is 3. The van der Waals surface area contributed by atoms with Crippen molar-refractivity contribution in [1.29, 1.82) is 0 Å². The van der Waals surface area contributed by atoms with Gasteiger partial charge in [-0.2, -0.15) is 0 Å². The molecule has 28 heavy (non-hydrogen) atoms. The number of piperidine rings is 2. The molecule has 2 rings (SSSR count). The lowest BCUT2D eigenvalue weighted by Gasteiger charge is -2.36. The summed E-state index contributed by atoms with van der Waals surface area (Å²) in [6.07, 6.45) is 7.02. The second-order valence-corrected chi connectivity index (χ2v) is 7.78. The standard InChI is InChI=1S/C20H40N6O.HI/c1-4-11-22-19(27)16-25-13-9-17(10-14-25)24-20(21-3)23-15-18-8-6-7-12-26(18)5-2;/h17-18H,4-16H2,1-3H3,(H,22,27)(H2,21,23,24);1H. The summed E-state index contributed by atoms with van der Waals surface area (Å²) in [4.78, 5) is 21.1. The van der Waals surface area contributed by atoms with Crippen LogP contribution in [0.4, 0.5) is 0 Å². The smallest absolute Gasteiger partial charge is 0.234 e. The Morgan fingerprint density at radius 3 is 2.46 bits per heavy atom. The lowest BCUT2D eigenvalue weighted by molar-refractivity contribution is -0.122. The number of likely N-dealkylation sites (tertiary alicyclic amines) is 2. The van der Waals surface area contributed by atoms with Gasteiger partial charge in [0, 0.05) is 45.3 Å². The van der Waals surface area contributed by atoms with Crippen molar-refractivity contribution in [1.82, 2.24) is 25.8 Å². The third kappa shape index (κ3) is 8.82. The molecule has 2 heterocycles. The van der Waals surface area contributed by atoms with E-state index in [0.717, 1.165) is 57.9 Å². The van der Waals surface area contributed by atoms with Gasteiger partial charge in [-0.15, -0.1) is 24.0 Å². The monoisotopic (exact) mass is 508 g/mol. The van der Waals surface area contributed by atoms with E-state index in [1.165, 1.54) is 25.8 Å². The van der Waals surface area contributed by atoms with Crippen LogP contribution in [0.5, 0.6) is 0 Å². The number of nitrogens with one attached hydrogen (secondary N) is 3. The molecule has 0 spiro atoms. The van der Waals surface area contributed by atoms with E-state index in [0.29, 0.717) is 18.6 Å². The predicted octanol–water partition coefficient (Wildman–Crippen LogP) is 1.63. The van der Waals surface area contributed by atoms with Crippen molar-refractivity contribution in [3.8, 4) is 0 Å². The highest BCUT2D eigenvalue weighted by Gasteiger charge is 2.23. The maximum atomic E-state index is 11.9. The zero-order valence-electron chi connectivity index (χ0n) is 18.0. The molecule has 2 aliphatic rings. The van der Waals surface area contributed by atoms with Crippen molar-refractivity contribution in [2.45, 2.75) is 64.5 Å². The van der Waals surface area contributed by atoms with E-state index in [-0.39, 0.29) is 29.9 Å². The number of carbonyl (C=O) groups is 1. The molecule has 2 aliphatic heterocycles. The number of hydrogen-bond acceptors (Lipinski definition) is 4. The molecule has 0 bridgehead atoms. The molecular formula is C20H41IN6O. The van der Waals surface area contributed by atoms with E-state index in [9.17, 15) is 4.79 Å². The maximum absolute atomic E-state index is 11.9. The second-order valence-electron chi connectivity index (χ2n) is 7.78. The van der Waals surface area contributed by atoms with Gasteiger partial charge < -0.3 is 16.0 Å². The minimum absolute atomic E-state index is 0. The molecule has 0 aliphatic carbocycles. The highest BCUT2D eigenvalue weighted by Crippen LogP contribution is 2.16. The van der Waals surface area contributed by atoms with Gasteiger partial charge in [-0.3, -0.25) is 19.6 Å². The average Bonchev–Trinajstić information content (AvgIpc) is 2.71. The van der Waals surface area contributed by atoms with Crippen LogP contribution in [0.1, 0.15) is 52.4 Å². The van der Waals surface area contributed by atoms with Gasteiger partial charge in [-0.25, -0.2) is 0 Å². The Hall–Kier alpha value is -0.610. The maximum Gasteiger partial charge on any atom is 0.234 e. The Kier molecular flexibility index (Phi) is 13.1. The van der Waals surface area contributed by atoms with Crippen LogP contribution in [0, 0.1) is 0 Å². The minimum atomic E-state index is 0. The Balaban J connectivity index is 0.00000392. The highest BCUT2D eigenvalue weighted by molar-refractivity contribution is 14.0. The van der Waals surface area contributed by atoms with E-state index in [4.69, 9.17) is 0 Å². The lowest BCUT2D eigenvalue weighted by Crippen LogP contribution is -2.53. The second kappa shape index (κ2) is 14.4. The van der Waals surface area contributed by atoms with Crippen LogP contribution in [0.3, 0.4) is 0 Å². The van der Waals surface area contributed by atoms with Crippen molar-refractivity contribution < 1.29 is 4.79 Å². The summed E-state index contributed by atoms with van der Waals surface area (Å²) in [5.41, 5.74) is 0. The number of rotatable bonds is 8. The van der Waals surface area contributed by atoms with Gasteiger partial charge in [0.25, 0.3) is 0 Å². The summed E-state index contributed by atoms with van der Waals surface area (Å²) in [5.74, 6) is 1.06. The van der Waals surface area contributed by atoms with Crippen LogP contribution < -0.4 is 16.0 Å². The SMILES string of the molecule is CCCNC(=O)CN1CCC(NC(=NC)NCC2CCCCN2CC)CC1.I. The first-order valence-electron chi connectivity index (χ1n) is 10.9. The summed E-state index contributed by atoms with van der Waals surface area (Å²) < 4.78 is 0. The normalized spacial score (nSPS) is 22.4. The topological polar surface area (TPSA) is 72.0 Å². The molecule has 1 atom stereocenters. The number of aliphatic imine (C=N–C) groups is 1. The van der Waals surface area contributed by atoms with Crippen LogP contribution in [-0.2, 0) is 4.79 Å². The van der Waals surface area contributed by atoms with Crippen molar-refractivity contribution in [2.75, 3.05) is 52.9 Å². The Bertz CT molecular complexity index is 468. The third-order valence-corrected chi connectivity index (χ3v) is 5.75. The van der Waals surface area contributed by atoms with Crippen LogP contribution in [0.25, 0.3) is 0 Å². The summed E-state index contributed by atoms with van der Waals surface area (Å²) >= 11 is 0. The number of halogens is 1. The van der Waals surface area contributed by atoms with Crippen molar-refractivity contribution in [3.05, 3.63) is 0 Å². The van der Waals surface area contributed by atoms with Gasteiger partial charge in [-0.1, -0.05) is 20.3 Å². The van der Waals surface area contributed by atoms with E-state index in [1.54, 1.807) is 0 Å². The predicted molar refractivity (Wildman–Crippen MR) is 128 cm³/mol. The van der Waals surface area contributed by atoms with E-state index < -0.39 is 0 Å². The molecular weight excluding hydrogens is 467 g/mol. The van der Waals surface area contributed by atoms with Gasteiger partial charge in [0.1, 0.15) is 0 Å². The molecule has 0 aromatic heterocycles. The Morgan fingerprint density at radius 1 is 1.07 bits per heavy atom. The van der Waals surface area contributed by atoms with Gasteiger partial charge in [0.05, 0.1) is 6.54 Å². The van der Waals surface area contributed by atoms with Crippen molar-refractivity contribution in [3.63, 3.8) is 0 Å². The molecule has 0 aromatic rings. The van der Waals surface area contributed by atoms with Crippen LogP contribution in [0.2, 0.25) is 0 Å². The molecule has 8 heteroatoms. The van der Waals surface area contributed by atoms with Crippen molar-refractivity contribution >= 4 is 35.8 Å². The highest BCUT2D eigenvalue weighted by atomic mass is 127. The molecule has 164 valence electrons. The molecule has 0 aromatic carbocycles. The van der Waals surface area contributed by atoms with E-state index in [1.807, 2.05) is 7.05 Å². The molecule has 2 saturated heterocycles. The number of guanidine groups is 1. The fourth-order valence-corrected chi connectivity index (χ4v) is 4.07. The molecule has 1 unspecified atom stereocenters. The molecule has 0 radical (unpaired) electrons. The molecule has 3 N–H and O–H groups in total. The fourth-order valence-electron chi connectivity index (χ4n) is 4.07. The van der Waals surface area contributed by atoms with E-state index >= 15 is 0 Å². The van der Waals surface area contributed by atoms with Crippen molar-refractivity contribution in [2.24, 2.45) is 4.99 Å². The molecule has 2 fully saturated rings. The zero-order valence-corrected chi connectivity index (χ0v) is 20.3. The Morgan fingerprint density at radius 2 is 1.82 bits per heavy atom. The van der Waals surface area contributed by atoms with E-state index in [2.05, 4.69) is 44.6 Å². The minimum Gasteiger partial charge on any atom is -0.355 e.